The number of halogens is 6. The Balaban J connectivity index is 1.36. The third-order valence-corrected chi connectivity index (χ3v) is 10.9. The van der Waals surface area contributed by atoms with Gasteiger partial charge in [0.15, 0.2) is 0 Å². The smallest absolute Gasteiger partial charge is 0.309 e. The van der Waals surface area contributed by atoms with Crippen LogP contribution in [0.5, 0.6) is 0 Å². The second-order valence-corrected chi connectivity index (χ2v) is 14.4. The second-order valence-electron chi connectivity index (χ2n) is 14.4. The Hall–Kier alpha value is -7.06. The fourth-order valence-electron chi connectivity index (χ4n) is 8.36. The normalized spacial score (nSPS) is 12.3. The summed E-state index contributed by atoms with van der Waals surface area (Å²) >= 11 is 0. The molecule has 2 heterocycles. The zero-order valence-electron chi connectivity index (χ0n) is 30.5. The fourth-order valence-corrected chi connectivity index (χ4v) is 8.36. The van der Waals surface area contributed by atoms with Crippen molar-refractivity contribution in [2.24, 2.45) is 0 Å². The summed E-state index contributed by atoms with van der Waals surface area (Å²) in [6.07, 6.45) is -9.52. The van der Waals surface area contributed by atoms with Crippen LogP contribution in [0, 0.1) is 0 Å². The summed E-state index contributed by atoms with van der Waals surface area (Å²) in [7, 11) is 0. The highest BCUT2D eigenvalue weighted by atomic mass is 19.4. The largest absolute Gasteiger partial charge is 0.416 e. The van der Waals surface area contributed by atoms with Crippen LogP contribution in [0.15, 0.2) is 182 Å². The molecule has 0 saturated carbocycles. The van der Waals surface area contributed by atoms with Crippen LogP contribution in [0.1, 0.15) is 11.1 Å². The van der Waals surface area contributed by atoms with Crippen molar-refractivity contribution in [2.75, 3.05) is 0 Å². The molecule has 0 N–H and O–H groups in total. The Morgan fingerprint density at radius 3 is 1.17 bits per heavy atom. The van der Waals surface area contributed by atoms with Crippen LogP contribution >= 0.6 is 0 Å². The molecule has 0 unspecified atom stereocenters. The molecular formula is C50H30F6N2. The van der Waals surface area contributed by atoms with Gasteiger partial charge in [0.25, 0.3) is 0 Å². The summed E-state index contributed by atoms with van der Waals surface area (Å²) in [5, 5.41) is 3.15. The van der Waals surface area contributed by atoms with E-state index in [9.17, 15) is 13.2 Å². The highest BCUT2D eigenvalue weighted by Crippen LogP contribution is 2.46. The van der Waals surface area contributed by atoms with E-state index in [1.165, 1.54) is 12.1 Å². The third-order valence-electron chi connectivity index (χ3n) is 10.9. The number of nitrogens with zero attached hydrogens (tertiary/aromatic N) is 2. The highest BCUT2D eigenvalue weighted by molar-refractivity contribution is 6.13. The van der Waals surface area contributed by atoms with Gasteiger partial charge in [-0.05, 0) is 88.5 Å². The Labute approximate surface area is 328 Å². The Morgan fingerprint density at radius 2 is 0.707 bits per heavy atom. The van der Waals surface area contributed by atoms with Crippen molar-refractivity contribution in [3.8, 4) is 44.8 Å². The number of para-hydroxylation sites is 2. The minimum absolute atomic E-state index is 0.0923. The van der Waals surface area contributed by atoms with Gasteiger partial charge in [0.1, 0.15) is 0 Å². The summed E-state index contributed by atoms with van der Waals surface area (Å²) in [6.45, 7) is 0. The van der Waals surface area contributed by atoms with Crippen LogP contribution in [-0.4, -0.2) is 9.13 Å². The molecular weight excluding hydrogens is 743 g/mol. The van der Waals surface area contributed by atoms with Crippen molar-refractivity contribution in [1.29, 1.82) is 0 Å². The minimum atomic E-state index is -4.81. The molecule has 0 saturated heterocycles. The molecule has 0 aliphatic rings. The van der Waals surface area contributed by atoms with E-state index < -0.39 is 23.5 Å². The molecule has 2 nitrogen and oxygen atoms in total. The van der Waals surface area contributed by atoms with Gasteiger partial charge in [0.2, 0.25) is 0 Å². The van der Waals surface area contributed by atoms with Gasteiger partial charge in [-0.15, -0.1) is 0 Å². The first-order valence-corrected chi connectivity index (χ1v) is 18.7. The van der Waals surface area contributed by atoms with Crippen LogP contribution in [0.3, 0.4) is 0 Å². The lowest BCUT2D eigenvalue weighted by atomic mass is 9.96. The van der Waals surface area contributed by atoms with E-state index in [2.05, 4.69) is 0 Å². The molecule has 8 heteroatoms. The number of hydrogen-bond acceptors (Lipinski definition) is 0. The van der Waals surface area contributed by atoms with Crippen LogP contribution < -0.4 is 0 Å². The third kappa shape index (κ3) is 5.83. The standard InChI is InChI=1S/C50H30F6N2/c51-49(52,53)36-17-11-16-35(26-36)48-46(57-42-20-9-7-18-38(42)40-27-33(22-24-44(40)57)31-12-3-1-4-13-31)29-37(50(54,55)56)30-47(48)58-43-21-10-8-19-39(43)41-28-34(23-25-45(41)58)32-14-5-2-6-15-32/h1-30H. The van der Waals surface area contributed by atoms with Crippen LogP contribution in [0.25, 0.3) is 88.4 Å². The maximum Gasteiger partial charge on any atom is 0.416 e. The maximum absolute atomic E-state index is 15.4. The summed E-state index contributed by atoms with van der Waals surface area (Å²) in [5.41, 5.74) is 4.86. The average Bonchev–Trinajstić information content (AvgIpc) is 3.75. The minimum Gasteiger partial charge on any atom is -0.309 e. The van der Waals surface area contributed by atoms with E-state index in [4.69, 9.17) is 0 Å². The first-order chi connectivity index (χ1) is 28.0. The SMILES string of the molecule is FC(F)(F)c1cccc(-c2c(-n3c4ccccc4c4cc(-c5ccccc5)ccc43)cc(C(F)(F)F)cc2-n2c3ccccc3c3cc(-c4ccccc4)ccc32)c1. The summed E-state index contributed by atoms with van der Waals surface area (Å²) in [5.74, 6) is 0. The first-order valence-electron chi connectivity index (χ1n) is 18.7. The molecule has 2 aromatic heterocycles. The number of hydrogen-bond donors (Lipinski definition) is 0. The molecule has 0 radical (unpaired) electrons. The molecule has 10 aromatic rings. The van der Waals surface area contributed by atoms with E-state index in [0.29, 0.717) is 22.1 Å². The molecule has 282 valence electrons. The van der Waals surface area contributed by atoms with E-state index in [1.54, 1.807) is 9.13 Å². The van der Waals surface area contributed by atoms with Gasteiger partial charge in [-0.1, -0.05) is 121 Å². The van der Waals surface area contributed by atoms with E-state index in [-0.39, 0.29) is 22.5 Å². The van der Waals surface area contributed by atoms with Gasteiger partial charge in [-0.3, -0.25) is 0 Å². The monoisotopic (exact) mass is 772 g/mol. The van der Waals surface area contributed by atoms with Gasteiger partial charge in [-0.25, -0.2) is 0 Å². The van der Waals surface area contributed by atoms with Crippen molar-refractivity contribution < 1.29 is 26.3 Å². The summed E-state index contributed by atoms with van der Waals surface area (Å²) in [6, 6.07) is 53.0. The first kappa shape index (κ1) is 35.4. The number of fused-ring (bicyclic) bond motifs is 6. The van der Waals surface area contributed by atoms with Crippen molar-refractivity contribution in [3.63, 3.8) is 0 Å². The molecule has 0 aliphatic heterocycles. The predicted octanol–water partition coefficient (Wildman–Crippen LogP) is 14.9. The predicted molar refractivity (Wildman–Crippen MR) is 221 cm³/mol. The average molecular weight is 773 g/mol. The highest BCUT2D eigenvalue weighted by Gasteiger charge is 2.35. The molecule has 10 rings (SSSR count). The van der Waals surface area contributed by atoms with E-state index in [1.807, 2.05) is 146 Å². The molecule has 58 heavy (non-hydrogen) atoms. The Morgan fingerprint density at radius 1 is 0.293 bits per heavy atom. The van der Waals surface area contributed by atoms with E-state index in [0.717, 1.165) is 68.1 Å². The van der Waals surface area contributed by atoms with Gasteiger partial charge in [0.05, 0.1) is 44.6 Å². The number of aromatic nitrogens is 2. The Kier molecular flexibility index (Phi) is 8.09. The lowest BCUT2D eigenvalue weighted by molar-refractivity contribution is -0.138. The molecule has 0 aliphatic carbocycles. The van der Waals surface area contributed by atoms with Crippen LogP contribution in [-0.2, 0) is 12.4 Å². The van der Waals surface area contributed by atoms with Crippen LogP contribution in [0.2, 0.25) is 0 Å². The quantitative estimate of drug-likeness (QED) is 0.154. The van der Waals surface area contributed by atoms with Crippen LogP contribution in [0.4, 0.5) is 26.3 Å². The molecule has 0 bridgehead atoms. The summed E-state index contributed by atoms with van der Waals surface area (Å²) < 4.78 is 93.0. The molecule has 0 fully saturated rings. The number of alkyl halides is 6. The lowest BCUT2D eigenvalue weighted by Crippen LogP contribution is -2.11. The second kappa shape index (κ2) is 13.3. The van der Waals surface area contributed by atoms with Crippen molar-refractivity contribution in [2.45, 2.75) is 12.4 Å². The Bertz CT molecular complexity index is 3010. The molecule has 8 aromatic carbocycles. The lowest BCUT2D eigenvalue weighted by Gasteiger charge is -2.23. The fraction of sp³-hybridized carbons (Fsp3) is 0.0400. The van der Waals surface area contributed by atoms with Crippen molar-refractivity contribution in [1.82, 2.24) is 9.13 Å². The zero-order valence-corrected chi connectivity index (χ0v) is 30.5. The maximum atomic E-state index is 15.4. The zero-order chi connectivity index (χ0) is 39.8. The molecule has 0 spiro atoms. The van der Waals surface area contributed by atoms with Crippen molar-refractivity contribution >= 4 is 43.6 Å². The molecule has 0 amide bonds. The van der Waals surface area contributed by atoms with Gasteiger partial charge in [0, 0.05) is 27.1 Å². The van der Waals surface area contributed by atoms with Gasteiger partial charge >= 0.3 is 12.4 Å². The van der Waals surface area contributed by atoms with Gasteiger partial charge < -0.3 is 9.13 Å². The number of rotatable bonds is 5. The van der Waals surface area contributed by atoms with Gasteiger partial charge in [-0.2, -0.15) is 26.3 Å². The van der Waals surface area contributed by atoms with Crippen molar-refractivity contribution in [3.05, 3.63) is 193 Å². The summed E-state index contributed by atoms with van der Waals surface area (Å²) in [4.78, 5) is 0. The topological polar surface area (TPSA) is 9.86 Å². The van der Waals surface area contributed by atoms with E-state index >= 15 is 13.2 Å². The molecule has 0 atom stereocenters. The number of benzene rings is 8.